The molecule has 0 radical (unpaired) electrons. The summed E-state index contributed by atoms with van der Waals surface area (Å²) in [5, 5.41) is 4.54. The molecule has 0 atom stereocenters. The third kappa shape index (κ3) is 6.68. The number of fused-ring (bicyclic) bond motifs is 7. The van der Waals surface area contributed by atoms with Crippen molar-refractivity contribution < 1.29 is 0 Å². The van der Waals surface area contributed by atoms with Crippen LogP contribution in [0.25, 0.3) is 123 Å². The molecule has 0 aliphatic carbocycles. The molecule has 318 valence electrons. The zero-order valence-corrected chi connectivity index (χ0v) is 36.9. The minimum Gasteiger partial charge on any atom is -0.307 e. The van der Waals surface area contributed by atoms with Crippen molar-refractivity contribution >= 4 is 43.6 Å². The van der Waals surface area contributed by atoms with Gasteiger partial charge in [-0.1, -0.05) is 231 Å². The fourth-order valence-electron chi connectivity index (χ4n) is 9.95. The lowest BCUT2D eigenvalue weighted by Gasteiger charge is -2.17. The van der Waals surface area contributed by atoms with E-state index >= 15 is 0 Å². The van der Waals surface area contributed by atoms with Gasteiger partial charge in [0.15, 0.2) is 11.6 Å². The first-order chi connectivity index (χ1) is 33.7. The standard InChI is InChI=1S/C63H41N5/c1-5-17-42(18-6-1)45-29-33-48(34-30-45)61-64-62(49-35-31-46(32-36-49)43-19-7-2-8-20-43)66-63(65-61)68-57-28-16-14-26-53(57)55-40-39-54-52-25-13-15-27-56(52)67(59(54)60(55)68)58-41-50(44-21-9-3-10-22-44)37-38-51(58)47-23-11-4-12-24-47/h1-41H. The fraction of sp³-hybridized carbons (Fsp3) is 0. The molecule has 13 rings (SSSR count). The molecule has 0 spiro atoms. The molecule has 10 aromatic carbocycles. The summed E-state index contributed by atoms with van der Waals surface area (Å²) in [6, 6.07) is 88.2. The highest BCUT2D eigenvalue weighted by molar-refractivity contribution is 6.24. The van der Waals surface area contributed by atoms with Crippen LogP contribution in [0, 0.1) is 0 Å². The topological polar surface area (TPSA) is 48.5 Å². The zero-order valence-electron chi connectivity index (χ0n) is 36.9. The molecule has 0 saturated carbocycles. The molecule has 0 aliphatic heterocycles. The van der Waals surface area contributed by atoms with Crippen molar-refractivity contribution in [2.75, 3.05) is 0 Å². The summed E-state index contributed by atoms with van der Waals surface area (Å²) in [7, 11) is 0. The average molecular weight is 868 g/mol. The van der Waals surface area contributed by atoms with Crippen LogP contribution in [0.4, 0.5) is 0 Å². The van der Waals surface area contributed by atoms with E-state index in [2.05, 4.69) is 246 Å². The largest absolute Gasteiger partial charge is 0.307 e. The normalized spacial score (nSPS) is 11.5. The summed E-state index contributed by atoms with van der Waals surface area (Å²) in [6.45, 7) is 0. The lowest BCUT2D eigenvalue weighted by atomic mass is 9.98. The number of rotatable bonds is 8. The number of para-hydroxylation sites is 2. The summed E-state index contributed by atoms with van der Waals surface area (Å²) in [5.41, 5.74) is 16.3. The molecule has 0 N–H and O–H groups in total. The van der Waals surface area contributed by atoms with Crippen molar-refractivity contribution in [1.82, 2.24) is 24.1 Å². The van der Waals surface area contributed by atoms with E-state index in [0.717, 1.165) is 99.5 Å². The summed E-state index contributed by atoms with van der Waals surface area (Å²) < 4.78 is 4.75. The molecule has 3 aromatic heterocycles. The van der Waals surface area contributed by atoms with Gasteiger partial charge >= 0.3 is 0 Å². The van der Waals surface area contributed by atoms with E-state index in [9.17, 15) is 0 Å². The highest BCUT2D eigenvalue weighted by Crippen LogP contribution is 2.44. The Morgan fingerprint density at radius 2 is 0.618 bits per heavy atom. The van der Waals surface area contributed by atoms with Gasteiger partial charge in [0.1, 0.15) is 0 Å². The first kappa shape index (κ1) is 39.2. The predicted molar refractivity (Wildman–Crippen MR) is 281 cm³/mol. The molecular weight excluding hydrogens is 827 g/mol. The van der Waals surface area contributed by atoms with Gasteiger partial charge < -0.3 is 4.57 Å². The second kappa shape index (κ2) is 16.4. The lowest BCUT2D eigenvalue weighted by molar-refractivity contribution is 0.953. The number of hydrogen-bond donors (Lipinski definition) is 0. The van der Waals surface area contributed by atoms with Gasteiger partial charge in [0.2, 0.25) is 5.95 Å². The Kier molecular flexibility index (Phi) is 9.43. The predicted octanol–water partition coefficient (Wildman–Crippen LogP) is 16.1. The Bertz CT molecular complexity index is 3870. The maximum Gasteiger partial charge on any atom is 0.238 e. The molecule has 0 aliphatic rings. The van der Waals surface area contributed by atoms with Gasteiger partial charge in [-0.3, -0.25) is 4.57 Å². The van der Waals surface area contributed by atoms with Crippen LogP contribution in [0.1, 0.15) is 0 Å². The molecule has 0 unspecified atom stereocenters. The fourth-order valence-corrected chi connectivity index (χ4v) is 9.95. The zero-order chi connectivity index (χ0) is 45.0. The molecule has 0 fully saturated rings. The SMILES string of the molecule is c1ccc(-c2ccc(-c3nc(-c4ccc(-c5ccccc5)cc4)nc(-n4c5ccccc5c5ccc6c7ccccc7n(-c7cc(-c8ccccc8)ccc7-c7ccccc7)c6c54)n3)cc2)cc1. The van der Waals surface area contributed by atoms with E-state index in [0.29, 0.717) is 17.6 Å². The molecule has 5 nitrogen and oxygen atoms in total. The van der Waals surface area contributed by atoms with Gasteiger partial charge in [-0.15, -0.1) is 0 Å². The molecule has 13 aromatic rings. The van der Waals surface area contributed by atoms with Gasteiger partial charge in [0.05, 0.1) is 27.8 Å². The van der Waals surface area contributed by atoms with Gasteiger partial charge in [-0.05, 0) is 57.1 Å². The van der Waals surface area contributed by atoms with Crippen LogP contribution < -0.4 is 0 Å². The third-order valence-electron chi connectivity index (χ3n) is 13.2. The van der Waals surface area contributed by atoms with Crippen molar-refractivity contribution in [1.29, 1.82) is 0 Å². The minimum absolute atomic E-state index is 0.543. The molecule has 0 amide bonds. The quantitative estimate of drug-likeness (QED) is 0.153. The van der Waals surface area contributed by atoms with Crippen molar-refractivity contribution in [3.8, 4) is 78.9 Å². The third-order valence-corrected chi connectivity index (χ3v) is 13.2. The van der Waals surface area contributed by atoms with Crippen molar-refractivity contribution in [3.05, 3.63) is 249 Å². The van der Waals surface area contributed by atoms with Gasteiger partial charge in [-0.2, -0.15) is 9.97 Å². The van der Waals surface area contributed by atoms with E-state index < -0.39 is 0 Å². The smallest absolute Gasteiger partial charge is 0.238 e. The Morgan fingerprint density at radius 1 is 0.250 bits per heavy atom. The molecule has 0 bridgehead atoms. The lowest BCUT2D eigenvalue weighted by Crippen LogP contribution is -2.07. The van der Waals surface area contributed by atoms with E-state index in [1.54, 1.807) is 0 Å². The Labute approximate surface area is 393 Å². The molecule has 68 heavy (non-hydrogen) atoms. The minimum atomic E-state index is 0.543. The van der Waals surface area contributed by atoms with Crippen LogP contribution >= 0.6 is 0 Å². The maximum atomic E-state index is 5.45. The number of benzene rings is 10. The average Bonchev–Trinajstić information content (AvgIpc) is 3.95. The van der Waals surface area contributed by atoms with E-state index in [1.165, 1.54) is 5.39 Å². The van der Waals surface area contributed by atoms with Crippen LogP contribution in [0.5, 0.6) is 0 Å². The molecule has 0 saturated heterocycles. The van der Waals surface area contributed by atoms with Gasteiger partial charge in [0.25, 0.3) is 0 Å². The molecular formula is C63H41N5. The van der Waals surface area contributed by atoms with E-state index in [4.69, 9.17) is 15.0 Å². The first-order valence-electron chi connectivity index (χ1n) is 23.0. The van der Waals surface area contributed by atoms with Crippen LogP contribution in [0.3, 0.4) is 0 Å². The summed E-state index contributed by atoms with van der Waals surface area (Å²) in [4.78, 5) is 16.2. The Hall–Kier alpha value is -9.19. The van der Waals surface area contributed by atoms with Crippen LogP contribution in [0.2, 0.25) is 0 Å². The summed E-state index contributed by atoms with van der Waals surface area (Å²) >= 11 is 0. The van der Waals surface area contributed by atoms with E-state index in [1.807, 2.05) is 12.1 Å². The van der Waals surface area contributed by atoms with Crippen LogP contribution in [-0.2, 0) is 0 Å². The second-order valence-electron chi connectivity index (χ2n) is 17.2. The highest BCUT2D eigenvalue weighted by Gasteiger charge is 2.25. The van der Waals surface area contributed by atoms with Gasteiger partial charge in [0, 0.05) is 38.2 Å². The highest BCUT2D eigenvalue weighted by atomic mass is 15.2. The Morgan fingerprint density at radius 3 is 1.12 bits per heavy atom. The number of aromatic nitrogens is 5. The molecule has 5 heteroatoms. The first-order valence-corrected chi connectivity index (χ1v) is 23.0. The van der Waals surface area contributed by atoms with Crippen molar-refractivity contribution in [2.24, 2.45) is 0 Å². The van der Waals surface area contributed by atoms with Crippen LogP contribution in [0.15, 0.2) is 249 Å². The second-order valence-corrected chi connectivity index (χ2v) is 17.2. The van der Waals surface area contributed by atoms with Crippen molar-refractivity contribution in [3.63, 3.8) is 0 Å². The summed E-state index contributed by atoms with van der Waals surface area (Å²) in [5.74, 6) is 1.73. The van der Waals surface area contributed by atoms with Crippen molar-refractivity contribution in [2.45, 2.75) is 0 Å². The van der Waals surface area contributed by atoms with E-state index in [-0.39, 0.29) is 0 Å². The van der Waals surface area contributed by atoms with Crippen LogP contribution in [-0.4, -0.2) is 24.1 Å². The monoisotopic (exact) mass is 867 g/mol. The molecule has 3 heterocycles. The summed E-state index contributed by atoms with van der Waals surface area (Å²) in [6.07, 6.45) is 0. The number of hydrogen-bond acceptors (Lipinski definition) is 3. The Balaban J connectivity index is 1.11. The maximum absolute atomic E-state index is 5.45. The van der Waals surface area contributed by atoms with Gasteiger partial charge in [-0.25, -0.2) is 4.98 Å². The number of nitrogens with zero attached hydrogens (tertiary/aromatic N) is 5.